The third kappa shape index (κ3) is 2.61. The maximum atomic E-state index is 9.19. The van der Waals surface area contributed by atoms with E-state index in [-0.39, 0.29) is 0 Å². The van der Waals surface area contributed by atoms with E-state index in [2.05, 4.69) is 21.4 Å². The minimum Gasteiger partial charge on any atom is -0.497 e. The lowest BCUT2D eigenvalue weighted by molar-refractivity contribution is 0.414. The van der Waals surface area contributed by atoms with Crippen LogP contribution in [0.1, 0.15) is 17.0 Å². The third-order valence-corrected chi connectivity index (χ3v) is 3.75. The van der Waals surface area contributed by atoms with Gasteiger partial charge in [0.1, 0.15) is 11.8 Å². The molecular weight excluding hydrogens is 286 g/mol. The molecule has 0 aliphatic carbocycles. The number of thiazole rings is 1. The highest BCUT2D eigenvalue weighted by Gasteiger charge is 2.16. The summed E-state index contributed by atoms with van der Waals surface area (Å²) in [6, 6.07) is 9.77. The molecule has 6 nitrogen and oxygen atoms in total. The van der Waals surface area contributed by atoms with Crippen molar-refractivity contribution in [3.05, 3.63) is 52.8 Å². The van der Waals surface area contributed by atoms with Crippen molar-refractivity contribution in [3.8, 4) is 17.0 Å². The number of benzene rings is 1. The second-order valence-corrected chi connectivity index (χ2v) is 5.12. The first-order valence-electron chi connectivity index (χ1n) is 6.19. The molecular formula is C14H11N5OS. The van der Waals surface area contributed by atoms with Crippen molar-refractivity contribution in [3.63, 3.8) is 0 Å². The number of methoxy groups -OCH3 is 1. The van der Waals surface area contributed by atoms with Crippen LogP contribution < -0.4 is 4.74 Å². The smallest absolute Gasteiger partial charge is 0.211 e. The first kappa shape index (κ1) is 13.3. The highest BCUT2D eigenvalue weighted by atomic mass is 32.1. The second kappa shape index (κ2) is 5.73. The highest BCUT2D eigenvalue weighted by molar-refractivity contribution is 7.12. The van der Waals surface area contributed by atoms with Crippen molar-refractivity contribution in [1.82, 2.24) is 20.0 Å². The van der Waals surface area contributed by atoms with Crippen molar-refractivity contribution < 1.29 is 4.74 Å². The molecule has 0 spiro atoms. The Hall–Kier alpha value is -2.72. The van der Waals surface area contributed by atoms with Crippen LogP contribution in [0, 0.1) is 11.3 Å². The van der Waals surface area contributed by atoms with Crippen LogP contribution in [0.15, 0.2) is 35.8 Å². The molecule has 0 N–H and O–H groups in total. The fourth-order valence-electron chi connectivity index (χ4n) is 1.96. The maximum Gasteiger partial charge on any atom is 0.211 e. The SMILES string of the molecule is COc1ccc(Cc2c(C#N)nnn2-c2nccs2)cc1. The Bertz CT molecular complexity index is 771. The van der Waals surface area contributed by atoms with Gasteiger partial charge in [-0.3, -0.25) is 0 Å². The molecule has 0 saturated carbocycles. The fraction of sp³-hybridized carbons (Fsp3) is 0.143. The van der Waals surface area contributed by atoms with Crippen LogP contribution in [0.2, 0.25) is 0 Å². The van der Waals surface area contributed by atoms with Crippen LogP contribution in [0.5, 0.6) is 5.75 Å². The van der Waals surface area contributed by atoms with Gasteiger partial charge >= 0.3 is 0 Å². The van der Waals surface area contributed by atoms with Crippen LogP contribution in [0.4, 0.5) is 0 Å². The molecule has 21 heavy (non-hydrogen) atoms. The summed E-state index contributed by atoms with van der Waals surface area (Å²) in [6.45, 7) is 0. The van der Waals surface area contributed by atoms with Gasteiger partial charge in [0.2, 0.25) is 5.13 Å². The molecule has 0 bridgehead atoms. The number of aromatic nitrogens is 4. The number of nitrogens with zero attached hydrogens (tertiary/aromatic N) is 5. The van der Waals surface area contributed by atoms with E-state index >= 15 is 0 Å². The van der Waals surface area contributed by atoms with Gasteiger partial charge in [-0.2, -0.15) is 9.94 Å². The molecule has 0 saturated heterocycles. The number of hydrogen-bond donors (Lipinski definition) is 0. The van der Waals surface area contributed by atoms with Crippen molar-refractivity contribution >= 4 is 11.3 Å². The molecule has 0 aliphatic rings. The van der Waals surface area contributed by atoms with Crippen molar-refractivity contribution in [2.24, 2.45) is 0 Å². The van der Waals surface area contributed by atoms with Crippen LogP contribution in [0.3, 0.4) is 0 Å². The van der Waals surface area contributed by atoms with Gasteiger partial charge in [0, 0.05) is 18.0 Å². The number of nitriles is 1. The summed E-state index contributed by atoms with van der Waals surface area (Å²) >= 11 is 1.45. The normalized spacial score (nSPS) is 10.3. The van der Waals surface area contributed by atoms with Crippen LogP contribution in [-0.4, -0.2) is 27.1 Å². The summed E-state index contributed by atoms with van der Waals surface area (Å²) in [5, 5.41) is 19.7. The summed E-state index contributed by atoms with van der Waals surface area (Å²) < 4.78 is 6.76. The number of ether oxygens (including phenoxy) is 1. The summed E-state index contributed by atoms with van der Waals surface area (Å²) in [6.07, 6.45) is 2.25. The Morgan fingerprint density at radius 3 is 2.76 bits per heavy atom. The molecule has 1 aromatic carbocycles. The van der Waals surface area contributed by atoms with E-state index in [1.165, 1.54) is 11.3 Å². The largest absolute Gasteiger partial charge is 0.497 e. The number of rotatable bonds is 4. The summed E-state index contributed by atoms with van der Waals surface area (Å²) in [5.41, 5.74) is 2.10. The Morgan fingerprint density at radius 1 is 1.33 bits per heavy atom. The standard InChI is InChI=1S/C14H11N5OS/c1-20-11-4-2-10(3-5-11)8-13-12(9-15)17-18-19(13)14-16-6-7-21-14/h2-7H,8H2,1H3. The van der Waals surface area contributed by atoms with E-state index in [4.69, 9.17) is 4.74 Å². The minimum atomic E-state index is 0.320. The topological polar surface area (TPSA) is 76.6 Å². The van der Waals surface area contributed by atoms with Gasteiger partial charge in [0.15, 0.2) is 5.69 Å². The van der Waals surface area contributed by atoms with Gasteiger partial charge in [0.25, 0.3) is 0 Å². The van der Waals surface area contributed by atoms with Gasteiger partial charge < -0.3 is 4.74 Å². The molecule has 0 fully saturated rings. The predicted octanol–water partition coefficient (Wildman–Crippen LogP) is 2.19. The fourth-order valence-corrected chi connectivity index (χ4v) is 2.57. The summed E-state index contributed by atoms with van der Waals surface area (Å²) in [5.74, 6) is 0.797. The average molecular weight is 297 g/mol. The lowest BCUT2D eigenvalue weighted by atomic mass is 10.1. The van der Waals surface area contributed by atoms with E-state index in [0.717, 1.165) is 17.0 Å². The van der Waals surface area contributed by atoms with E-state index in [9.17, 15) is 5.26 Å². The quantitative estimate of drug-likeness (QED) is 0.737. The molecule has 3 rings (SSSR count). The van der Waals surface area contributed by atoms with Gasteiger partial charge in [-0.25, -0.2) is 4.98 Å². The average Bonchev–Trinajstić information content (AvgIpc) is 3.17. The molecule has 0 atom stereocenters. The molecule has 104 valence electrons. The zero-order chi connectivity index (χ0) is 14.7. The number of hydrogen-bond acceptors (Lipinski definition) is 6. The molecule has 2 heterocycles. The monoisotopic (exact) mass is 297 g/mol. The minimum absolute atomic E-state index is 0.320. The van der Waals surface area contributed by atoms with Gasteiger partial charge in [0.05, 0.1) is 12.8 Å². The highest BCUT2D eigenvalue weighted by Crippen LogP contribution is 2.19. The second-order valence-electron chi connectivity index (χ2n) is 4.25. The maximum absolute atomic E-state index is 9.19. The van der Waals surface area contributed by atoms with Crippen molar-refractivity contribution in [2.45, 2.75) is 6.42 Å². The van der Waals surface area contributed by atoms with Crippen LogP contribution in [-0.2, 0) is 6.42 Å². The summed E-state index contributed by atoms with van der Waals surface area (Å²) in [4.78, 5) is 4.21. The van der Waals surface area contributed by atoms with Gasteiger partial charge in [-0.15, -0.1) is 16.4 Å². The van der Waals surface area contributed by atoms with Crippen molar-refractivity contribution in [1.29, 1.82) is 5.26 Å². The summed E-state index contributed by atoms with van der Waals surface area (Å²) in [7, 11) is 1.63. The zero-order valence-electron chi connectivity index (χ0n) is 11.2. The Labute approximate surface area is 125 Å². The molecule has 0 radical (unpaired) electrons. The Balaban J connectivity index is 1.97. The van der Waals surface area contributed by atoms with E-state index in [0.29, 0.717) is 17.2 Å². The predicted molar refractivity (Wildman–Crippen MR) is 77.5 cm³/mol. The molecule has 3 aromatic rings. The Morgan fingerprint density at radius 2 is 2.14 bits per heavy atom. The third-order valence-electron chi connectivity index (χ3n) is 3.00. The van der Waals surface area contributed by atoms with Crippen LogP contribution in [0.25, 0.3) is 5.13 Å². The van der Waals surface area contributed by atoms with Gasteiger partial charge in [-0.05, 0) is 17.7 Å². The van der Waals surface area contributed by atoms with E-state index in [1.807, 2.05) is 29.6 Å². The lowest BCUT2D eigenvalue weighted by Crippen LogP contribution is -2.03. The molecule has 2 aromatic heterocycles. The molecule has 7 heteroatoms. The zero-order valence-corrected chi connectivity index (χ0v) is 12.0. The van der Waals surface area contributed by atoms with Crippen molar-refractivity contribution in [2.75, 3.05) is 7.11 Å². The van der Waals surface area contributed by atoms with Gasteiger partial charge in [-0.1, -0.05) is 17.3 Å². The van der Waals surface area contributed by atoms with E-state index < -0.39 is 0 Å². The lowest BCUT2D eigenvalue weighted by Gasteiger charge is -2.05. The molecule has 0 aliphatic heterocycles. The Kier molecular flexibility index (Phi) is 3.62. The van der Waals surface area contributed by atoms with E-state index in [1.54, 1.807) is 18.0 Å². The first-order valence-corrected chi connectivity index (χ1v) is 7.07. The van der Waals surface area contributed by atoms with Crippen LogP contribution >= 0.6 is 11.3 Å². The first-order chi connectivity index (χ1) is 10.3. The molecule has 0 amide bonds. The molecule has 0 unspecified atom stereocenters.